The Hall–Kier alpha value is -2.83. The molecule has 2 fully saturated rings. The van der Waals surface area contributed by atoms with Gasteiger partial charge in [0, 0.05) is 51.0 Å². The predicted octanol–water partition coefficient (Wildman–Crippen LogP) is 2.93. The number of carbonyl (C=O) groups is 1. The standard InChI is InChI=1S/C21H25N5O2/c27-20-7-6-16-14-25(21-23-17-4-1-2-5-19(17)28-21)12-8-18(16)26(20)11-3-10-24-13-9-22-15-24/h1-2,4-5,9,13,15-16,18H,3,6-8,10-12,14H2/t16-,18+/m0/s1. The number of amides is 1. The first-order valence-electron chi connectivity index (χ1n) is 10.1. The molecule has 28 heavy (non-hydrogen) atoms. The SMILES string of the molecule is O=C1CC[C@H]2CN(c3nc4ccccc4o3)CC[C@H]2N1CCCn1ccnc1. The van der Waals surface area contributed by atoms with Crippen LogP contribution in [0, 0.1) is 5.92 Å². The molecule has 146 valence electrons. The zero-order chi connectivity index (χ0) is 18.9. The minimum absolute atomic E-state index is 0.308. The molecule has 2 aliphatic heterocycles. The van der Waals surface area contributed by atoms with Crippen LogP contribution in [0.5, 0.6) is 0 Å². The van der Waals surface area contributed by atoms with Crippen LogP contribution in [-0.2, 0) is 11.3 Å². The Morgan fingerprint density at radius 3 is 2.96 bits per heavy atom. The number of carbonyl (C=O) groups excluding carboxylic acids is 1. The van der Waals surface area contributed by atoms with Gasteiger partial charge < -0.3 is 18.8 Å². The van der Waals surface area contributed by atoms with Crippen molar-refractivity contribution in [1.82, 2.24) is 19.4 Å². The molecule has 3 aromatic rings. The Balaban J connectivity index is 1.25. The van der Waals surface area contributed by atoms with Gasteiger partial charge in [0.2, 0.25) is 5.91 Å². The van der Waals surface area contributed by atoms with Crippen molar-refractivity contribution in [3.05, 3.63) is 43.0 Å². The molecule has 7 heteroatoms. The molecule has 0 spiro atoms. The number of benzene rings is 1. The third kappa shape index (κ3) is 3.25. The summed E-state index contributed by atoms with van der Waals surface area (Å²) < 4.78 is 8.04. The van der Waals surface area contributed by atoms with E-state index in [0.717, 1.165) is 56.5 Å². The number of likely N-dealkylation sites (tertiary alicyclic amines) is 1. The lowest BCUT2D eigenvalue weighted by Gasteiger charge is -2.46. The molecule has 7 nitrogen and oxygen atoms in total. The molecule has 2 aromatic heterocycles. The number of para-hydroxylation sites is 2. The van der Waals surface area contributed by atoms with Gasteiger partial charge in [-0.15, -0.1) is 0 Å². The topological polar surface area (TPSA) is 67.4 Å². The largest absolute Gasteiger partial charge is 0.423 e. The predicted molar refractivity (Wildman–Crippen MR) is 106 cm³/mol. The van der Waals surface area contributed by atoms with Crippen molar-refractivity contribution in [3.8, 4) is 0 Å². The average molecular weight is 379 g/mol. The van der Waals surface area contributed by atoms with E-state index in [0.29, 0.717) is 30.3 Å². The second-order valence-corrected chi connectivity index (χ2v) is 7.81. The fourth-order valence-corrected chi connectivity index (χ4v) is 4.65. The van der Waals surface area contributed by atoms with Crippen molar-refractivity contribution in [2.45, 2.75) is 38.3 Å². The van der Waals surface area contributed by atoms with Gasteiger partial charge in [0.05, 0.1) is 6.33 Å². The van der Waals surface area contributed by atoms with Gasteiger partial charge >= 0.3 is 0 Å². The van der Waals surface area contributed by atoms with Crippen molar-refractivity contribution >= 4 is 23.0 Å². The molecule has 0 unspecified atom stereocenters. The Morgan fingerprint density at radius 2 is 2.11 bits per heavy atom. The number of oxazole rings is 1. The Bertz CT molecular complexity index is 918. The summed E-state index contributed by atoms with van der Waals surface area (Å²) in [6.45, 7) is 3.50. The smallest absolute Gasteiger partial charge is 0.298 e. The fourth-order valence-electron chi connectivity index (χ4n) is 4.65. The summed E-state index contributed by atoms with van der Waals surface area (Å²) in [5, 5.41) is 0. The Kier molecular flexibility index (Phi) is 4.50. The van der Waals surface area contributed by atoms with Gasteiger partial charge in [-0.05, 0) is 37.3 Å². The maximum atomic E-state index is 12.6. The molecule has 0 aliphatic carbocycles. The molecule has 0 saturated carbocycles. The highest BCUT2D eigenvalue weighted by Gasteiger charge is 2.39. The van der Waals surface area contributed by atoms with Crippen LogP contribution in [0.1, 0.15) is 25.7 Å². The quantitative estimate of drug-likeness (QED) is 0.682. The summed E-state index contributed by atoms with van der Waals surface area (Å²) in [7, 11) is 0. The number of fused-ring (bicyclic) bond motifs is 2. The highest BCUT2D eigenvalue weighted by Crippen LogP contribution is 2.34. The lowest BCUT2D eigenvalue weighted by molar-refractivity contribution is -0.139. The van der Waals surface area contributed by atoms with Crippen LogP contribution in [0.15, 0.2) is 47.4 Å². The molecule has 0 N–H and O–H groups in total. The van der Waals surface area contributed by atoms with Gasteiger partial charge in [-0.3, -0.25) is 4.79 Å². The number of nitrogens with zero attached hydrogens (tertiary/aromatic N) is 5. The second kappa shape index (κ2) is 7.30. The van der Waals surface area contributed by atoms with Gasteiger partial charge in [0.25, 0.3) is 6.01 Å². The van der Waals surface area contributed by atoms with E-state index < -0.39 is 0 Å². The van der Waals surface area contributed by atoms with Crippen LogP contribution >= 0.6 is 0 Å². The van der Waals surface area contributed by atoms with Crippen LogP contribution in [0.25, 0.3) is 11.1 Å². The highest BCUT2D eigenvalue weighted by atomic mass is 16.4. The van der Waals surface area contributed by atoms with Crippen LogP contribution < -0.4 is 4.90 Å². The molecule has 1 aromatic carbocycles. The molecule has 2 aliphatic rings. The van der Waals surface area contributed by atoms with Crippen LogP contribution in [0.4, 0.5) is 6.01 Å². The summed E-state index contributed by atoms with van der Waals surface area (Å²) in [6, 6.07) is 8.94. The van der Waals surface area contributed by atoms with Gasteiger partial charge in [-0.2, -0.15) is 4.98 Å². The molecule has 5 rings (SSSR count). The van der Waals surface area contributed by atoms with E-state index in [2.05, 4.69) is 24.3 Å². The van der Waals surface area contributed by atoms with E-state index in [1.165, 1.54) is 0 Å². The van der Waals surface area contributed by atoms with E-state index in [1.54, 1.807) is 6.20 Å². The maximum absolute atomic E-state index is 12.6. The molecule has 0 bridgehead atoms. The van der Waals surface area contributed by atoms with Crippen molar-refractivity contribution in [3.63, 3.8) is 0 Å². The van der Waals surface area contributed by atoms with Crippen molar-refractivity contribution < 1.29 is 9.21 Å². The minimum atomic E-state index is 0.308. The summed E-state index contributed by atoms with van der Waals surface area (Å²) in [4.78, 5) is 25.7. The van der Waals surface area contributed by atoms with Gasteiger partial charge in [-0.1, -0.05) is 12.1 Å². The number of aromatic nitrogens is 3. The average Bonchev–Trinajstić information content (AvgIpc) is 3.39. The zero-order valence-corrected chi connectivity index (χ0v) is 15.9. The first-order chi connectivity index (χ1) is 13.8. The third-order valence-corrected chi connectivity index (χ3v) is 6.07. The zero-order valence-electron chi connectivity index (χ0n) is 15.9. The molecule has 2 saturated heterocycles. The summed E-state index contributed by atoms with van der Waals surface area (Å²) in [5.41, 5.74) is 1.74. The minimum Gasteiger partial charge on any atom is -0.423 e. The van der Waals surface area contributed by atoms with E-state index >= 15 is 0 Å². The Morgan fingerprint density at radius 1 is 1.18 bits per heavy atom. The molecule has 0 radical (unpaired) electrons. The lowest BCUT2D eigenvalue weighted by Crippen LogP contribution is -2.56. The van der Waals surface area contributed by atoms with Gasteiger partial charge in [-0.25, -0.2) is 4.98 Å². The van der Waals surface area contributed by atoms with E-state index in [4.69, 9.17) is 4.42 Å². The maximum Gasteiger partial charge on any atom is 0.298 e. The number of imidazole rings is 1. The third-order valence-electron chi connectivity index (χ3n) is 6.07. The molecular formula is C21H25N5O2. The fraction of sp³-hybridized carbons (Fsp3) is 0.476. The van der Waals surface area contributed by atoms with Crippen LogP contribution in [0.3, 0.4) is 0 Å². The van der Waals surface area contributed by atoms with E-state index in [1.807, 2.05) is 36.8 Å². The van der Waals surface area contributed by atoms with Crippen LogP contribution in [-0.4, -0.2) is 51.0 Å². The van der Waals surface area contributed by atoms with Crippen molar-refractivity contribution in [2.24, 2.45) is 5.92 Å². The monoisotopic (exact) mass is 379 g/mol. The number of aryl methyl sites for hydroxylation is 1. The molecule has 1 amide bonds. The molecular weight excluding hydrogens is 354 g/mol. The van der Waals surface area contributed by atoms with Crippen LogP contribution in [0.2, 0.25) is 0 Å². The van der Waals surface area contributed by atoms with Gasteiger partial charge in [0.1, 0.15) is 5.52 Å². The van der Waals surface area contributed by atoms with Crippen molar-refractivity contribution in [1.29, 1.82) is 0 Å². The summed E-state index contributed by atoms with van der Waals surface area (Å²) >= 11 is 0. The number of anilines is 1. The number of rotatable bonds is 5. The van der Waals surface area contributed by atoms with Crippen molar-refractivity contribution in [2.75, 3.05) is 24.5 Å². The first-order valence-corrected chi connectivity index (χ1v) is 10.1. The Labute approximate surface area is 164 Å². The number of hydrogen-bond acceptors (Lipinski definition) is 5. The highest BCUT2D eigenvalue weighted by molar-refractivity contribution is 5.77. The number of hydrogen-bond donors (Lipinski definition) is 0. The molecule has 4 heterocycles. The van der Waals surface area contributed by atoms with Gasteiger partial charge in [0.15, 0.2) is 5.58 Å². The first kappa shape index (κ1) is 17.3. The second-order valence-electron chi connectivity index (χ2n) is 7.81. The lowest BCUT2D eigenvalue weighted by atomic mass is 9.83. The molecule has 2 atom stereocenters. The van der Waals surface area contributed by atoms with E-state index in [9.17, 15) is 4.79 Å². The normalized spacial score (nSPS) is 22.6. The van der Waals surface area contributed by atoms with E-state index in [-0.39, 0.29) is 0 Å². The number of piperidine rings is 2. The summed E-state index contributed by atoms with van der Waals surface area (Å²) in [5.74, 6) is 0.789. The summed E-state index contributed by atoms with van der Waals surface area (Å²) in [6.07, 6.45) is 9.13.